The highest BCUT2D eigenvalue weighted by molar-refractivity contribution is 6.03. The van der Waals surface area contributed by atoms with E-state index in [2.05, 4.69) is 5.43 Å². The van der Waals surface area contributed by atoms with Crippen molar-refractivity contribution >= 4 is 28.9 Å². The van der Waals surface area contributed by atoms with E-state index in [1.807, 2.05) is 0 Å². The maximum atomic E-state index is 11.4. The third kappa shape index (κ3) is 2.39. The molecule has 0 radical (unpaired) electrons. The van der Waals surface area contributed by atoms with Gasteiger partial charge in [-0.3, -0.25) is 35.2 Å². The lowest BCUT2D eigenvalue weighted by Gasteiger charge is -2.15. The topological polar surface area (TPSA) is 136 Å². The first-order valence-electron chi connectivity index (χ1n) is 5.45. The van der Waals surface area contributed by atoms with Gasteiger partial charge in [0, 0.05) is 18.9 Å². The molecule has 0 atom stereocenters. The third-order valence-electron chi connectivity index (χ3n) is 2.67. The zero-order valence-corrected chi connectivity index (χ0v) is 9.94. The summed E-state index contributed by atoms with van der Waals surface area (Å²) in [6, 6.07) is 2.88. The highest BCUT2D eigenvalue weighted by atomic mass is 16.6. The largest absolute Gasteiger partial charge is 0.300 e. The lowest BCUT2D eigenvalue weighted by atomic mass is 10.2. The van der Waals surface area contributed by atoms with E-state index < -0.39 is 33.0 Å². The Labute approximate surface area is 111 Å². The number of carbonyl (C=O) groups is 2. The molecule has 2 amide bonds. The summed E-state index contributed by atoms with van der Waals surface area (Å²) >= 11 is 0. The molecule has 1 saturated heterocycles. The van der Waals surface area contributed by atoms with Gasteiger partial charge in [-0.25, -0.2) is 0 Å². The zero-order valence-electron chi connectivity index (χ0n) is 9.94. The Hall–Kier alpha value is -3.04. The molecule has 1 aromatic carbocycles. The van der Waals surface area contributed by atoms with Gasteiger partial charge in [-0.2, -0.15) is 5.01 Å². The van der Waals surface area contributed by atoms with Crippen molar-refractivity contribution in [3.05, 3.63) is 38.4 Å². The molecule has 0 aliphatic carbocycles. The average Bonchev–Trinajstić information content (AvgIpc) is 2.70. The van der Waals surface area contributed by atoms with Crippen LogP contribution in [0.25, 0.3) is 0 Å². The van der Waals surface area contributed by atoms with E-state index in [1.54, 1.807) is 0 Å². The summed E-state index contributed by atoms with van der Waals surface area (Å²) in [7, 11) is 0. The molecular formula is C10H8N4O6. The van der Waals surface area contributed by atoms with E-state index in [1.165, 1.54) is 0 Å². The van der Waals surface area contributed by atoms with Gasteiger partial charge >= 0.3 is 5.69 Å². The van der Waals surface area contributed by atoms with Crippen LogP contribution in [0.2, 0.25) is 0 Å². The molecule has 20 heavy (non-hydrogen) atoms. The molecule has 1 aromatic rings. The van der Waals surface area contributed by atoms with E-state index in [9.17, 15) is 29.8 Å². The number of hydrazine groups is 1. The first-order chi connectivity index (χ1) is 9.40. The van der Waals surface area contributed by atoms with Gasteiger partial charge in [0.25, 0.3) is 5.69 Å². The van der Waals surface area contributed by atoms with Gasteiger partial charge in [-0.1, -0.05) is 0 Å². The Morgan fingerprint density at radius 2 is 1.65 bits per heavy atom. The van der Waals surface area contributed by atoms with Crippen molar-refractivity contribution in [3.8, 4) is 0 Å². The predicted molar refractivity (Wildman–Crippen MR) is 64.5 cm³/mol. The summed E-state index contributed by atoms with van der Waals surface area (Å²) in [5.41, 5.74) is 1.12. The van der Waals surface area contributed by atoms with E-state index in [4.69, 9.17) is 0 Å². The zero-order chi connectivity index (χ0) is 14.9. The Morgan fingerprint density at radius 3 is 2.15 bits per heavy atom. The second kappa shape index (κ2) is 4.91. The number of nitrogens with zero attached hydrogens (tertiary/aromatic N) is 3. The van der Waals surface area contributed by atoms with Crippen molar-refractivity contribution in [2.24, 2.45) is 0 Å². The van der Waals surface area contributed by atoms with Gasteiger partial charge in [0.15, 0.2) is 0 Å². The van der Waals surface area contributed by atoms with E-state index >= 15 is 0 Å². The summed E-state index contributed by atoms with van der Waals surface area (Å²) in [4.78, 5) is 42.7. The van der Waals surface area contributed by atoms with Crippen LogP contribution in [0.1, 0.15) is 12.8 Å². The molecule has 10 heteroatoms. The summed E-state index contributed by atoms with van der Waals surface area (Å²) in [6.45, 7) is 0. The van der Waals surface area contributed by atoms with Gasteiger partial charge in [0.05, 0.1) is 15.9 Å². The van der Waals surface area contributed by atoms with Crippen molar-refractivity contribution in [2.45, 2.75) is 12.8 Å². The van der Waals surface area contributed by atoms with E-state index in [-0.39, 0.29) is 18.5 Å². The molecule has 2 rings (SSSR count). The van der Waals surface area contributed by atoms with Gasteiger partial charge < -0.3 is 0 Å². The number of amides is 2. The molecule has 104 valence electrons. The van der Waals surface area contributed by atoms with Crippen LogP contribution < -0.4 is 5.43 Å². The summed E-state index contributed by atoms with van der Waals surface area (Å²) in [5.74, 6) is -1.02. The standard InChI is InChI=1S/C10H8N4O6/c15-9-3-4-10(16)12(9)11-7-2-1-6(13(17)18)5-8(7)14(19)20/h1-2,5,11H,3-4H2. The molecule has 0 unspecified atom stereocenters. The van der Waals surface area contributed by atoms with Crippen LogP contribution in [-0.2, 0) is 9.59 Å². The Bertz CT molecular complexity index is 612. The van der Waals surface area contributed by atoms with Crippen LogP contribution in [0, 0.1) is 20.2 Å². The number of hydrogen-bond acceptors (Lipinski definition) is 7. The van der Waals surface area contributed by atoms with E-state index in [0.29, 0.717) is 5.01 Å². The fraction of sp³-hybridized carbons (Fsp3) is 0.200. The smallest absolute Gasteiger partial charge is 0.282 e. The summed E-state index contributed by atoms with van der Waals surface area (Å²) < 4.78 is 0. The number of nitro groups is 2. The van der Waals surface area contributed by atoms with Gasteiger partial charge in [-0.05, 0) is 6.07 Å². The van der Waals surface area contributed by atoms with Crippen LogP contribution in [0.4, 0.5) is 17.1 Å². The van der Waals surface area contributed by atoms with Crippen LogP contribution in [0.3, 0.4) is 0 Å². The third-order valence-corrected chi connectivity index (χ3v) is 2.67. The second-order valence-corrected chi connectivity index (χ2v) is 3.95. The number of non-ortho nitro benzene ring substituents is 1. The van der Waals surface area contributed by atoms with Crippen molar-refractivity contribution < 1.29 is 19.4 Å². The van der Waals surface area contributed by atoms with Crippen molar-refractivity contribution in [2.75, 3.05) is 5.43 Å². The minimum Gasteiger partial charge on any atom is -0.282 e. The number of benzene rings is 1. The first-order valence-corrected chi connectivity index (χ1v) is 5.45. The molecule has 1 fully saturated rings. The van der Waals surface area contributed by atoms with Crippen molar-refractivity contribution in [1.82, 2.24) is 5.01 Å². The molecule has 1 aliphatic rings. The highest BCUT2D eigenvalue weighted by Gasteiger charge is 2.31. The van der Waals surface area contributed by atoms with Crippen molar-refractivity contribution in [3.63, 3.8) is 0 Å². The van der Waals surface area contributed by atoms with Gasteiger partial charge in [0.1, 0.15) is 5.69 Å². The minimum atomic E-state index is -0.833. The molecule has 0 bridgehead atoms. The molecule has 10 nitrogen and oxygen atoms in total. The average molecular weight is 280 g/mol. The first kappa shape index (κ1) is 13.4. The van der Waals surface area contributed by atoms with Crippen LogP contribution in [-0.4, -0.2) is 26.7 Å². The molecular weight excluding hydrogens is 272 g/mol. The minimum absolute atomic E-state index is 0.0204. The van der Waals surface area contributed by atoms with E-state index in [0.717, 1.165) is 18.2 Å². The van der Waals surface area contributed by atoms with Crippen molar-refractivity contribution in [1.29, 1.82) is 0 Å². The van der Waals surface area contributed by atoms with Gasteiger partial charge in [0.2, 0.25) is 11.8 Å². The predicted octanol–water partition coefficient (Wildman–Crippen LogP) is 0.979. The number of carbonyl (C=O) groups excluding carboxylic acids is 2. The Kier molecular flexibility index (Phi) is 3.29. The SMILES string of the molecule is O=C1CCC(=O)N1Nc1ccc([N+](=O)[O-])cc1[N+](=O)[O-]. The molecule has 1 N–H and O–H groups in total. The van der Waals surface area contributed by atoms with Gasteiger partial charge in [-0.15, -0.1) is 0 Å². The maximum absolute atomic E-state index is 11.4. The normalized spacial score (nSPS) is 14.5. The Balaban J connectivity index is 2.36. The van der Waals surface area contributed by atoms with Crippen LogP contribution >= 0.6 is 0 Å². The molecule has 0 saturated carbocycles. The lowest BCUT2D eigenvalue weighted by Crippen LogP contribution is -2.34. The fourth-order valence-electron chi connectivity index (χ4n) is 1.70. The molecule has 1 heterocycles. The summed E-state index contributed by atoms with van der Waals surface area (Å²) in [5, 5.41) is 22.1. The molecule has 0 aromatic heterocycles. The monoisotopic (exact) mass is 280 g/mol. The summed E-state index contributed by atoms with van der Waals surface area (Å²) in [6.07, 6.45) is 0.0409. The molecule has 0 spiro atoms. The highest BCUT2D eigenvalue weighted by Crippen LogP contribution is 2.30. The lowest BCUT2D eigenvalue weighted by molar-refractivity contribution is -0.393. The number of nitrogens with one attached hydrogen (secondary N) is 1. The number of rotatable bonds is 4. The fourth-order valence-corrected chi connectivity index (χ4v) is 1.70. The van der Waals surface area contributed by atoms with Crippen LogP contribution in [0.5, 0.6) is 0 Å². The number of imide groups is 1. The number of nitro benzene ring substituents is 2. The maximum Gasteiger partial charge on any atom is 0.300 e. The number of hydrogen-bond donors (Lipinski definition) is 1. The quantitative estimate of drug-likeness (QED) is 0.493. The molecule has 1 aliphatic heterocycles. The number of anilines is 1. The Morgan fingerprint density at radius 1 is 1.05 bits per heavy atom. The second-order valence-electron chi connectivity index (χ2n) is 3.95. The van der Waals surface area contributed by atoms with Crippen LogP contribution in [0.15, 0.2) is 18.2 Å².